The molecular formula is C20H25N5O6P+. The smallest absolute Gasteiger partial charge is 0.378 e. The van der Waals surface area contributed by atoms with Gasteiger partial charge in [-0.25, -0.2) is 18.6 Å². The van der Waals surface area contributed by atoms with Crippen molar-refractivity contribution in [3.63, 3.8) is 0 Å². The van der Waals surface area contributed by atoms with E-state index in [1.807, 2.05) is 18.3 Å². The number of rotatable bonds is 8. The Morgan fingerprint density at radius 1 is 1.31 bits per heavy atom. The third-order valence-corrected chi connectivity index (χ3v) is 5.96. The highest BCUT2D eigenvalue weighted by molar-refractivity contribution is 7.47. The Balaban J connectivity index is 1.44. The lowest BCUT2D eigenvalue weighted by Gasteiger charge is -2.27. The molecule has 32 heavy (non-hydrogen) atoms. The molecule has 3 aromatic rings. The van der Waals surface area contributed by atoms with Gasteiger partial charge in [-0.15, -0.1) is 0 Å². The van der Waals surface area contributed by atoms with Crippen molar-refractivity contribution in [3.8, 4) is 11.3 Å². The predicted molar refractivity (Wildman–Crippen MR) is 115 cm³/mol. The van der Waals surface area contributed by atoms with Crippen LogP contribution >= 0.6 is 7.82 Å². The van der Waals surface area contributed by atoms with Gasteiger partial charge in [0.25, 0.3) is 5.82 Å². The molecule has 1 unspecified atom stereocenters. The van der Waals surface area contributed by atoms with Gasteiger partial charge in [0.1, 0.15) is 11.4 Å². The molecule has 1 atom stereocenters. The highest BCUT2D eigenvalue weighted by Gasteiger charge is 2.23. The molecule has 0 spiro atoms. The van der Waals surface area contributed by atoms with Crippen LogP contribution in [0.2, 0.25) is 0 Å². The Kier molecular flexibility index (Phi) is 6.83. The number of ether oxygens (including phenoxy) is 1. The number of phosphoric ester groups is 1. The van der Waals surface area contributed by atoms with Crippen molar-refractivity contribution >= 4 is 19.5 Å². The van der Waals surface area contributed by atoms with Gasteiger partial charge >= 0.3 is 7.82 Å². The number of nitrogen functional groups attached to an aromatic ring is 1. The van der Waals surface area contributed by atoms with E-state index in [1.165, 1.54) is 4.57 Å². The molecule has 1 saturated heterocycles. The Morgan fingerprint density at radius 2 is 2.12 bits per heavy atom. The minimum atomic E-state index is -4.12. The molecule has 0 radical (unpaired) electrons. The number of pyridine rings is 2. The number of nitrogens with zero attached hydrogens (tertiary/aromatic N) is 4. The third kappa shape index (κ3) is 5.32. The molecule has 1 aliphatic rings. The fourth-order valence-corrected chi connectivity index (χ4v) is 3.68. The zero-order chi connectivity index (χ0) is 22.6. The second-order valence-corrected chi connectivity index (χ2v) is 8.73. The molecule has 170 valence electrons. The minimum Gasteiger partial charge on any atom is -0.378 e. The molecule has 11 nitrogen and oxygen atoms in total. The molecule has 0 amide bonds. The lowest BCUT2D eigenvalue weighted by atomic mass is 10.1. The summed E-state index contributed by atoms with van der Waals surface area (Å²) in [5, 5.41) is 4.14. The van der Waals surface area contributed by atoms with Crippen LogP contribution in [0.5, 0.6) is 0 Å². The van der Waals surface area contributed by atoms with Crippen LogP contribution in [0.3, 0.4) is 0 Å². The fourth-order valence-electron chi connectivity index (χ4n) is 3.30. The molecule has 0 aromatic carbocycles. The summed E-state index contributed by atoms with van der Waals surface area (Å²) in [5.74, 6) is 1.70. The van der Waals surface area contributed by atoms with Gasteiger partial charge in [-0.1, -0.05) is 11.2 Å². The third-order valence-electron chi connectivity index (χ3n) is 5.06. The summed E-state index contributed by atoms with van der Waals surface area (Å²) in [4.78, 5) is 16.2. The van der Waals surface area contributed by atoms with Crippen LogP contribution in [-0.2, 0) is 31.5 Å². The van der Waals surface area contributed by atoms with Crippen LogP contribution in [0.1, 0.15) is 11.3 Å². The molecule has 12 heteroatoms. The van der Waals surface area contributed by atoms with Gasteiger partial charge in [-0.3, -0.25) is 10.3 Å². The molecular weight excluding hydrogens is 437 g/mol. The van der Waals surface area contributed by atoms with Gasteiger partial charge in [-0.2, -0.15) is 0 Å². The SMILES string of the molecule is COP(=O)(O)OC[n+]1cccc(-c2cc(Cc3ccc(N4CCOCC4)nc3)no2)c1N. The van der Waals surface area contributed by atoms with Crippen LogP contribution in [-0.4, -0.2) is 48.4 Å². The molecule has 3 aromatic heterocycles. The Labute approximate surface area is 184 Å². The largest absolute Gasteiger partial charge is 0.475 e. The summed E-state index contributed by atoms with van der Waals surface area (Å²) < 4.78 is 33.1. The van der Waals surface area contributed by atoms with Gasteiger partial charge in [0, 0.05) is 38.9 Å². The summed E-state index contributed by atoms with van der Waals surface area (Å²) >= 11 is 0. The van der Waals surface area contributed by atoms with E-state index in [4.69, 9.17) is 19.5 Å². The van der Waals surface area contributed by atoms with Gasteiger partial charge in [-0.05, 0) is 23.8 Å². The van der Waals surface area contributed by atoms with Crippen LogP contribution in [0.25, 0.3) is 11.3 Å². The fraction of sp³-hybridized carbons (Fsp3) is 0.350. The zero-order valence-electron chi connectivity index (χ0n) is 17.6. The van der Waals surface area contributed by atoms with E-state index in [9.17, 15) is 9.46 Å². The van der Waals surface area contributed by atoms with Crippen LogP contribution in [0, 0.1) is 0 Å². The van der Waals surface area contributed by atoms with Crippen molar-refractivity contribution in [2.45, 2.75) is 13.2 Å². The summed E-state index contributed by atoms with van der Waals surface area (Å²) in [6.45, 7) is 2.84. The van der Waals surface area contributed by atoms with Crippen molar-refractivity contribution in [1.29, 1.82) is 0 Å². The maximum atomic E-state index is 11.5. The van der Waals surface area contributed by atoms with Crippen LogP contribution in [0.4, 0.5) is 11.6 Å². The molecule has 1 fully saturated rings. The topological polar surface area (TPSA) is 137 Å². The molecule has 3 N–H and O–H groups in total. The first-order valence-corrected chi connectivity index (χ1v) is 11.5. The second kappa shape index (κ2) is 9.76. The minimum absolute atomic E-state index is 0.260. The summed E-state index contributed by atoms with van der Waals surface area (Å²) in [6, 6.07) is 9.32. The molecule has 1 aliphatic heterocycles. The van der Waals surface area contributed by atoms with Crippen molar-refractivity contribution in [1.82, 2.24) is 10.1 Å². The molecule has 0 bridgehead atoms. The van der Waals surface area contributed by atoms with Crippen molar-refractivity contribution < 1.29 is 32.3 Å². The highest BCUT2D eigenvalue weighted by Crippen LogP contribution is 2.41. The van der Waals surface area contributed by atoms with E-state index in [1.54, 1.807) is 24.4 Å². The molecule has 0 aliphatic carbocycles. The number of anilines is 2. The highest BCUT2D eigenvalue weighted by atomic mass is 31.2. The quantitative estimate of drug-likeness (QED) is 0.376. The predicted octanol–water partition coefficient (Wildman–Crippen LogP) is 1.75. The Bertz CT molecular complexity index is 1100. The van der Waals surface area contributed by atoms with E-state index >= 15 is 0 Å². The summed E-state index contributed by atoms with van der Waals surface area (Å²) in [7, 11) is -3.03. The molecule has 4 heterocycles. The van der Waals surface area contributed by atoms with Crippen molar-refractivity contribution in [2.24, 2.45) is 0 Å². The van der Waals surface area contributed by atoms with Gasteiger partial charge < -0.3 is 19.1 Å². The first-order valence-electron chi connectivity index (χ1n) is 10.00. The molecule has 0 saturated carbocycles. The van der Waals surface area contributed by atoms with E-state index in [0.29, 0.717) is 36.8 Å². The number of morpholine rings is 1. The van der Waals surface area contributed by atoms with Gasteiger partial charge in [0.15, 0.2) is 5.76 Å². The zero-order valence-corrected chi connectivity index (χ0v) is 18.5. The standard InChI is InChI=1S/C20H24N5O6P/c1-28-32(26,27)30-14-25-6-2-3-17(20(25)21)18-12-16(23-31-18)11-15-4-5-19(22-13-15)24-7-9-29-10-8-24/h2-6,12-13,21H,7-11,14H2,1H3,(H,26,27)/p+1. The first-order chi connectivity index (χ1) is 15.4. The number of hydrogen-bond acceptors (Lipinski definition) is 9. The number of nitrogens with two attached hydrogens (primary N) is 1. The van der Waals surface area contributed by atoms with Crippen molar-refractivity contribution in [2.75, 3.05) is 44.0 Å². The summed E-state index contributed by atoms with van der Waals surface area (Å²) in [5.41, 5.74) is 8.51. The lowest BCUT2D eigenvalue weighted by molar-refractivity contribution is -0.711. The van der Waals surface area contributed by atoms with Gasteiger partial charge in [0.05, 0.1) is 25.1 Å². The van der Waals surface area contributed by atoms with E-state index in [0.717, 1.165) is 37.3 Å². The first kappa shape index (κ1) is 22.4. The van der Waals surface area contributed by atoms with Gasteiger partial charge in [0.2, 0.25) is 6.73 Å². The second-order valence-electron chi connectivity index (χ2n) is 7.17. The maximum Gasteiger partial charge on any atom is 0.475 e. The number of phosphoric acid groups is 1. The average molecular weight is 462 g/mol. The van der Waals surface area contributed by atoms with Crippen LogP contribution < -0.4 is 15.2 Å². The average Bonchev–Trinajstić information content (AvgIpc) is 3.27. The summed E-state index contributed by atoms with van der Waals surface area (Å²) in [6.07, 6.45) is 4.01. The normalized spacial score (nSPS) is 16.1. The number of aromatic nitrogens is 3. The lowest BCUT2D eigenvalue weighted by Crippen LogP contribution is -2.38. The maximum absolute atomic E-state index is 11.5. The monoisotopic (exact) mass is 462 g/mol. The number of hydrogen-bond donors (Lipinski definition) is 2. The van der Waals surface area contributed by atoms with E-state index in [2.05, 4.69) is 19.6 Å². The van der Waals surface area contributed by atoms with Crippen LogP contribution in [0.15, 0.2) is 47.2 Å². The Hall–Kier alpha value is -2.82. The van der Waals surface area contributed by atoms with E-state index < -0.39 is 7.82 Å². The molecule has 4 rings (SSSR count). The van der Waals surface area contributed by atoms with E-state index in [-0.39, 0.29) is 6.73 Å². The Morgan fingerprint density at radius 3 is 2.84 bits per heavy atom. The van der Waals surface area contributed by atoms with Crippen molar-refractivity contribution in [3.05, 3.63) is 54.0 Å².